The monoisotopic (exact) mass is 528 g/mol. The van der Waals surface area contributed by atoms with Gasteiger partial charge in [-0.2, -0.15) is 0 Å². The zero-order valence-electron chi connectivity index (χ0n) is 23.6. The summed E-state index contributed by atoms with van der Waals surface area (Å²) >= 11 is 0. The first-order valence-electron chi connectivity index (χ1n) is 13.4. The van der Waals surface area contributed by atoms with E-state index in [4.69, 9.17) is 24.6 Å². The summed E-state index contributed by atoms with van der Waals surface area (Å²) in [6.45, 7) is 13.6. The largest absolute Gasteiger partial charge is 0.543 e. The van der Waals surface area contributed by atoms with E-state index in [9.17, 15) is 4.79 Å². The normalized spacial score (nSPS) is 18.4. The Labute approximate surface area is 222 Å². The summed E-state index contributed by atoms with van der Waals surface area (Å²) in [4.78, 5) is 21.9. The van der Waals surface area contributed by atoms with Gasteiger partial charge in [0.15, 0.2) is 17.3 Å². The van der Waals surface area contributed by atoms with Gasteiger partial charge in [0.25, 0.3) is 8.32 Å². The second kappa shape index (κ2) is 12.3. The van der Waals surface area contributed by atoms with Crippen LogP contribution in [0.2, 0.25) is 16.6 Å². The van der Waals surface area contributed by atoms with Crippen molar-refractivity contribution in [1.82, 2.24) is 9.97 Å². The van der Waals surface area contributed by atoms with Gasteiger partial charge in [-0.05, 0) is 54.4 Å². The number of esters is 1. The van der Waals surface area contributed by atoms with Crippen molar-refractivity contribution in [3.8, 4) is 17.1 Å². The molecule has 0 saturated heterocycles. The van der Waals surface area contributed by atoms with Crippen LogP contribution in [-0.2, 0) is 9.47 Å². The lowest BCUT2D eigenvalue weighted by atomic mass is 9.93. The Bertz CT molecular complexity index is 1050. The van der Waals surface area contributed by atoms with E-state index in [2.05, 4.69) is 51.8 Å². The molecule has 2 aromatic rings. The van der Waals surface area contributed by atoms with Gasteiger partial charge in [0, 0.05) is 18.7 Å². The van der Waals surface area contributed by atoms with Crippen LogP contribution in [0.1, 0.15) is 77.7 Å². The molecule has 1 saturated carbocycles. The molecule has 1 aliphatic carbocycles. The summed E-state index contributed by atoms with van der Waals surface area (Å²) in [7, 11) is 0.935. The molecule has 1 fully saturated rings. The van der Waals surface area contributed by atoms with Crippen LogP contribution in [0, 0.1) is 0 Å². The Morgan fingerprint density at radius 2 is 1.62 bits per heavy atom. The van der Waals surface area contributed by atoms with Crippen molar-refractivity contribution in [3.63, 3.8) is 0 Å². The quantitative estimate of drug-likeness (QED) is 0.268. The van der Waals surface area contributed by atoms with Crippen LogP contribution >= 0.6 is 0 Å². The van der Waals surface area contributed by atoms with Gasteiger partial charge in [0.05, 0.1) is 13.2 Å². The van der Waals surface area contributed by atoms with Gasteiger partial charge in [-0.1, -0.05) is 53.7 Å². The molecule has 37 heavy (non-hydrogen) atoms. The highest BCUT2D eigenvalue weighted by Crippen LogP contribution is 2.43. The molecule has 3 rings (SSSR count). The Balaban J connectivity index is 2.00. The van der Waals surface area contributed by atoms with Gasteiger partial charge in [-0.25, -0.2) is 14.8 Å². The highest BCUT2D eigenvalue weighted by atomic mass is 28.4. The average molecular weight is 529 g/mol. The maximum Gasteiger partial charge on any atom is 0.359 e. The number of carbonyl (C=O) groups excluding carboxylic acids is 1. The third-order valence-electron chi connectivity index (χ3n) is 7.77. The number of nitrogens with zero attached hydrogens (tertiary/aromatic N) is 2. The number of ether oxygens (including phenoxy) is 2. The van der Waals surface area contributed by atoms with Crippen LogP contribution in [-0.4, -0.2) is 50.6 Å². The van der Waals surface area contributed by atoms with Gasteiger partial charge in [0.2, 0.25) is 0 Å². The molecule has 1 aromatic heterocycles. The zero-order valence-corrected chi connectivity index (χ0v) is 24.6. The fourth-order valence-electron chi connectivity index (χ4n) is 5.85. The topological polar surface area (TPSA) is 109 Å². The van der Waals surface area contributed by atoms with E-state index in [0.29, 0.717) is 28.3 Å². The molecule has 0 unspecified atom stereocenters. The first kappa shape index (κ1) is 28.9. The van der Waals surface area contributed by atoms with E-state index in [1.165, 1.54) is 7.11 Å². The van der Waals surface area contributed by atoms with Crippen LogP contribution in [0.4, 0.5) is 11.5 Å². The van der Waals surface area contributed by atoms with Crippen LogP contribution in [0.3, 0.4) is 0 Å². The maximum atomic E-state index is 12.6. The molecule has 0 spiro atoms. The lowest BCUT2D eigenvalue weighted by Gasteiger charge is -2.42. The number of nitrogen functional groups attached to an aromatic ring is 1. The number of carbonyl (C=O) groups is 1. The van der Waals surface area contributed by atoms with Crippen molar-refractivity contribution in [2.75, 3.05) is 25.3 Å². The number of methoxy groups -OCH3 is 2. The Kier molecular flexibility index (Phi) is 9.58. The Morgan fingerprint density at radius 3 is 2.16 bits per heavy atom. The molecule has 3 N–H and O–H groups in total. The molecule has 0 atom stereocenters. The smallest absolute Gasteiger partial charge is 0.359 e. The van der Waals surface area contributed by atoms with E-state index in [1.807, 2.05) is 24.3 Å². The molecule has 0 radical (unpaired) electrons. The summed E-state index contributed by atoms with van der Waals surface area (Å²) in [5, 5.41) is 3.46. The van der Waals surface area contributed by atoms with Crippen molar-refractivity contribution < 1.29 is 18.7 Å². The van der Waals surface area contributed by atoms with Crippen molar-refractivity contribution >= 4 is 25.8 Å². The van der Waals surface area contributed by atoms with Gasteiger partial charge in [-0.3, -0.25) is 0 Å². The lowest BCUT2D eigenvalue weighted by molar-refractivity contribution is 0.0595. The van der Waals surface area contributed by atoms with Crippen LogP contribution in [0.5, 0.6) is 5.75 Å². The number of hydrogen-bond acceptors (Lipinski definition) is 8. The summed E-state index contributed by atoms with van der Waals surface area (Å²) < 4.78 is 17.4. The molecule has 1 aromatic carbocycles. The predicted molar refractivity (Wildman–Crippen MR) is 152 cm³/mol. The minimum atomic E-state index is -2.14. The summed E-state index contributed by atoms with van der Waals surface area (Å²) in [5.74, 6) is 1.06. The van der Waals surface area contributed by atoms with Crippen LogP contribution < -0.4 is 15.5 Å². The predicted octanol–water partition coefficient (Wildman–Crippen LogP) is 6.44. The second-order valence-corrected chi connectivity index (χ2v) is 16.3. The van der Waals surface area contributed by atoms with Gasteiger partial charge >= 0.3 is 5.97 Å². The van der Waals surface area contributed by atoms with Crippen molar-refractivity contribution in [1.29, 1.82) is 0 Å². The molecule has 9 heteroatoms. The van der Waals surface area contributed by atoms with E-state index in [-0.39, 0.29) is 23.5 Å². The standard InChI is InChI=1S/C28H44N4O4Si/c1-17(2)37(18(3)4,19(5)6)36-23-11-9-10-20(16-23)26-31-25(28(33)35-8)24(29)27(32-26)30-21-12-14-22(34-7)15-13-21/h9-11,16-19,21-22H,12-15,29H2,1-8H3,(H,30,31,32). The van der Waals surface area contributed by atoms with Gasteiger partial charge in [-0.15, -0.1) is 0 Å². The number of nitrogens with two attached hydrogens (primary N) is 1. The van der Waals surface area contributed by atoms with Crippen molar-refractivity contribution in [3.05, 3.63) is 30.0 Å². The minimum Gasteiger partial charge on any atom is -0.543 e. The molecule has 1 aliphatic rings. The number of aromatic nitrogens is 2. The first-order chi connectivity index (χ1) is 17.5. The molecule has 0 aliphatic heterocycles. The van der Waals surface area contributed by atoms with Crippen molar-refractivity contribution in [2.24, 2.45) is 0 Å². The first-order valence-corrected chi connectivity index (χ1v) is 15.5. The fourth-order valence-corrected chi connectivity index (χ4v) is 11.1. The number of anilines is 2. The lowest BCUT2D eigenvalue weighted by Crippen LogP contribution is -2.50. The molecule has 0 amide bonds. The molecular formula is C28H44N4O4Si. The molecule has 0 bridgehead atoms. The third kappa shape index (κ3) is 6.26. The number of hydrogen-bond donors (Lipinski definition) is 2. The molecule has 204 valence electrons. The highest BCUT2D eigenvalue weighted by Gasteiger charge is 2.47. The molecular weight excluding hydrogens is 484 g/mol. The van der Waals surface area contributed by atoms with E-state index < -0.39 is 14.3 Å². The Hall–Kier alpha value is -2.65. The average Bonchev–Trinajstić information content (AvgIpc) is 2.87. The fraction of sp³-hybridized carbons (Fsp3) is 0.607. The Morgan fingerprint density at radius 1 is 1.00 bits per heavy atom. The number of benzene rings is 1. The highest BCUT2D eigenvalue weighted by molar-refractivity contribution is 6.78. The van der Waals surface area contributed by atoms with E-state index in [0.717, 1.165) is 37.0 Å². The minimum absolute atomic E-state index is 0.0576. The molecule has 8 nitrogen and oxygen atoms in total. The maximum absolute atomic E-state index is 12.6. The van der Waals surface area contributed by atoms with Gasteiger partial charge < -0.3 is 25.0 Å². The second-order valence-electron chi connectivity index (χ2n) is 11.0. The van der Waals surface area contributed by atoms with Crippen molar-refractivity contribution in [2.45, 2.75) is 96.0 Å². The summed E-state index contributed by atoms with van der Waals surface area (Å²) in [5.41, 5.74) is 8.70. The van der Waals surface area contributed by atoms with E-state index >= 15 is 0 Å². The van der Waals surface area contributed by atoms with Gasteiger partial charge in [0.1, 0.15) is 11.4 Å². The third-order valence-corrected chi connectivity index (χ3v) is 13.8. The SMILES string of the molecule is COC(=O)c1nc(-c2cccc(O[Si](C(C)C)(C(C)C)C(C)C)c2)nc(NC2CCC(OC)CC2)c1N. The van der Waals surface area contributed by atoms with Crippen LogP contribution in [0.25, 0.3) is 11.4 Å². The molecule has 1 heterocycles. The van der Waals surface area contributed by atoms with Crippen LogP contribution in [0.15, 0.2) is 24.3 Å². The zero-order chi connectivity index (χ0) is 27.3. The van der Waals surface area contributed by atoms with E-state index in [1.54, 1.807) is 7.11 Å². The summed E-state index contributed by atoms with van der Waals surface area (Å²) in [6.07, 6.45) is 4.06. The summed E-state index contributed by atoms with van der Waals surface area (Å²) in [6, 6.07) is 8.02. The number of nitrogens with one attached hydrogen (secondary N) is 1. The number of rotatable bonds is 10.